The number of halogens is 2. The lowest BCUT2D eigenvalue weighted by atomic mass is 10.1. The second-order valence-corrected chi connectivity index (χ2v) is 5.82. The average Bonchev–Trinajstić information content (AvgIpc) is 2.78. The van der Waals surface area contributed by atoms with Gasteiger partial charge in [-0.15, -0.1) is 0 Å². The summed E-state index contributed by atoms with van der Waals surface area (Å²) in [6.45, 7) is 6.84. The van der Waals surface area contributed by atoms with Crippen LogP contribution in [0.3, 0.4) is 0 Å². The minimum absolute atomic E-state index is 0.0122. The van der Waals surface area contributed by atoms with E-state index in [9.17, 15) is 4.39 Å². The Morgan fingerprint density at radius 1 is 1.32 bits per heavy atom. The van der Waals surface area contributed by atoms with Gasteiger partial charge in [-0.25, -0.2) is 4.39 Å². The van der Waals surface area contributed by atoms with Gasteiger partial charge in [0, 0.05) is 23.7 Å². The number of rotatable bonds is 3. The summed E-state index contributed by atoms with van der Waals surface area (Å²) in [5, 5.41) is 7.36. The molecule has 19 heavy (non-hydrogen) atoms. The molecular formula is C14H16ClFN2O. The maximum Gasteiger partial charge on any atom is 0.167 e. The molecule has 3 nitrogen and oxygen atoms in total. The summed E-state index contributed by atoms with van der Waals surface area (Å²) >= 11 is 5.74. The van der Waals surface area contributed by atoms with E-state index in [2.05, 4.69) is 31.2 Å². The number of nitrogens with zero attached hydrogens (tertiary/aromatic N) is 1. The zero-order valence-corrected chi connectivity index (χ0v) is 11.9. The van der Waals surface area contributed by atoms with Crippen LogP contribution in [0.25, 0.3) is 11.3 Å². The molecule has 1 aromatic heterocycles. The average molecular weight is 283 g/mol. The van der Waals surface area contributed by atoms with Crippen molar-refractivity contribution in [3.05, 3.63) is 40.8 Å². The van der Waals surface area contributed by atoms with Crippen molar-refractivity contribution >= 4 is 11.6 Å². The highest BCUT2D eigenvalue weighted by Gasteiger charge is 2.12. The topological polar surface area (TPSA) is 38.1 Å². The molecule has 1 aromatic carbocycles. The third-order valence-electron chi connectivity index (χ3n) is 2.56. The molecule has 0 spiro atoms. The van der Waals surface area contributed by atoms with Crippen LogP contribution in [0.5, 0.6) is 0 Å². The molecule has 0 aliphatic rings. The Balaban J connectivity index is 2.14. The molecule has 5 heteroatoms. The van der Waals surface area contributed by atoms with Crippen molar-refractivity contribution in [2.75, 3.05) is 0 Å². The maximum absolute atomic E-state index is 13.1. The molecule has 102 valence electrons. The fourth-order valence-corrected chi connectivity index (χ4v) is 1.72. The highest BCUT2D eigenvalue weighted by Crippen LogP contribution is 2.25. The summed E-state index contributed by atoms with van der Waals surface area (Å²) in [5.41, 5.74) is 1.52. The van der Waals surface area contributed by atoms with Crippen LogP contribution in [0.1, 0.15) is 26.5 Å². The monoisotopic (exact) mass is 282 g/mol. The molecule has 0 fully saturated rings. The third kappa shape index (κ3) is 3.78. The van der Waals surface area contributed by atoms with Gasteiger partial charge in [0.1, 0.15) is 5.82 Å². The standard InChI is InChI=1S/C14H16ClFN2O/c1-14(2,3)17-8-10-7-13(19-18-10)9-4-5-12(16)11(15)6-9/h4-7,17H,8H2,1-3H3. The van der Waals surface area contributed by atoms with Gasteiger partial charge in [-0.3, -0.25) is 0 Å². The van der Waals surface area contributed by atoms with Crippen LogP contribution in [-0.4, -0.2) is 10.7 Å². The summed E-state index contributed by atoms with van der Waals surface area (Å²) in [4.78, 5) is 0. The van der Waals surface area contributed by atoms with Crippen LogP contribution in [0.2, 0.25) is 5.02 Å². The molecule has 0 unspecified atom stereocenters. The number of nitrogens with one attached hydrogen (secondary N) is 1. The molecule has 0 atom stereocenters. The van der Waals surface area contributed by atoms with E-state index >= 15 is 0 Å². The first-order valence-electron chi connectivity index (χ1n) is 6.01. The van der Waals surface area contributed by atoms with Gasteiger partial charge >= 0.3 is 0 Å². The second-order valence-electron chi connectivity index (χ2n) is 5.41. The highest BCUT2D eigenvalue weighted by atomic mass is 35.5. The fraction of sp³-hybridized carbons (Fsp3) is 0.357. The summed E-state index contributed by atoms with van der Waals surface area (Å²) in [6.07, 6.45) is 0. The first kappa shape index (κ1) is 14.0. The zero-order valence-electron chi connectivity index (χ0n) is 11.1. The van der Waals surface area contributed by atoms with Crippen molar-refractivity contribution in [2.45, 2.75) is 32.9 Å². The predicted molar refractivity (Wildman–Crippen MR) is 73.5 cm³/mol. The normalized spacial score (nSPS) is 11.8. The number of hydrogen-bond donors (Lipinski definition) is 1. The minimum Gasteiger partial charge on any atom is -0.356 e. The van der Waals surface area contributed by atoms with Crippen LogP contribution in [0, 0.1) is 5.82 Å². The van der Waals surface area contributed by atoms with Gasteiger partial charge in [-0.2, -0.15) is 0 Å². The van der Waals surface area contributed by atoms with Gasteiger partial charge in [0.15, 0.2) is 5.76 Å². The molecule has 2 aromatic rings. The molecule has 1 heterocycles. The van der Waals surface area contributed by atoms with E-state index in [1.165, 1.54) is 12.1 Å². The van der Waals surface area contributed by atoms with Gasteiger partial charge < -0.3 is 9.84 Å². The molecule has 0 amide bonds. The van der Waals surface area contributed by atoms with Crippen molar-refractivity contribution in [1.82, 2.24) is 10.5 Å². The van der Waals surface area contributed by atoms with Crippen LogP contribution in [0.4, 0.5) is 4.39 Å². The van der Waals surface area contributed by atoms with E-state index in [0.717, 1.165) is 5.69 Å². The predicted octanol–water partition coefficient (Wildman–Crippen LogP) is 4.02. The number of benzene rings is 1. The number of hydrogen-bond acceptors (Lipinski definition) is 3. The Bertz CT molecular complexity index is 575. The molecule has 1 N–H and O–H groups in total. The lowest BCUT2D eigenvalue weighted by Crippen LogP contribution is -2.35. The molecule has 0 saturated heterocycles. The fourth-order valence-electron chi connectivity index (χ4n) is 1.54. The lowest BCUT2D eigenvalue weighted by molar-refractivity contribution is 0.392. The van der Waals surface area contributed by atoms with Crippen LogP contribution >= 0.6 is 11.6 Å². The smallest absolute Gasteiger partial charge is 0.167 e. The van der Waals surface area contributed by atoms with E-state index in [1.807, 2.05) is 6.07 Å². The van der Waals surface area contributed by atoms with E-state index in [4.69, 9.17) is 16.1 Å². The Morgan fingerprint density at radius 3 is 2.68 bits per heavy atom. The third-order valence-corrected chi connectivity index (χ3v) is 2.85. The quantitative estimate of drug-likeness (QED) is 0.924. The summed E-state index contributed by atoms with van der Waals surface area (Å²) in [6, 6.07) is 6.27. The molecule has 0 aliphatic heterocycles. The molecule has 0 bridgehead atoms. The van der Waals surface area contributed by atoms with E-state index in [0.29, 0.717) is 17.9 Å². The summed E-state index contributed by atoms with van der Waals surface area (Å²) < 4.78 is 18.3. The zero-order chi connectivity index (χ0) is 14.0. The van der Waals surface area contributed by atoms with Crippen molar-refractivity contribution in [1.29, 1.82) is 0 Å². The van der Waals surface area contributed by atoms with Crippen molar-refractivity contribution in [3.8, 4) is 11.3 Å². The highest BCUT2D eigenvalue weighted by molar-refractivity contribution is 6.31. The Morgan fingerprint density at radius 2 is 2.05 bits per heavy atom. The van der Waals surface area contributed by atoms with Gasteiger partial charge in [0.2, 0.25) is 0 Å². The maximum atomic E-state index is 13.1. The van der Waals surface area contributed by atoms with Gasteiger partial charge in [-0.1, -0.05) is 16.8 Å². The van der Waals surface area contributed by atoms with Crippen molar-refractivity contribution < 1.29 is 8.91 Å². The van der Waals surface area contributed by atoms with Crippen LogP contribution < -0.4 is 5.32 Å². The van der Waals surface area contributed by atoms with E-state index in [-0.39, 0.29) is 10.6 Å². The first-order chi connectivity index (χ1) is 8.85. The van der Waals surface area contributed by atoms with Crippen molar-refractivity contribution in [2.24, 2.45) is 0 Å². The Labute approximate surface area is 116 Å². The SMILES string of the molecule is CC(C)(C)NCc1cc(-c2ccc(F)c(Cl)c2)on1. The van der Waals surface area contributed by atoms with Crippen LogP contribution in [0.15, 0.2) is 28.8 Å². The molecule has 2 rings (SSSR count). The van der Waals surface area contributed by atoms with Gasteiger partial charge in [0.25, 0.3) is 0 Å². The van der Waals surface area contributed by atoms with Crippen LogP contribution in [-0.2, 0) is 6.54 Å². The first-order valence-corrected chi connectivity index (χ1v) is 6.39. The Kier molecular flexibility index (Phi) is 3.92. The summed E-state index contributed by atoms with van der Waals surface area (Å²) in [7, 11) is 0. The largest absolute Gasteiger partial charge is 0.356 e. The number of aromatic nitrogens is 1. The molecule has 0 aliphatic carbocycles. The van der Waals surface area contributed by atoms with E-state index < -0.39 is 5.82 Å². The Hall–Kier alpha value is -1.39. The van der Waals surface area contributed by atoms with Crippen molar-refractivity contribution in [3.63, 3.8) is 0 Å². The molecular weight excluding hydrogens is 267 g/mol. The lowest BCUT2D eigenvalue weighted by Gasteiger charge is -2.19. The van der Waals surface area contributed by atoms with Gasteiger partial charge in [0.05, 0.1) is 10.7 Å². The molecule has 0 radical (unpaired) electrons. The van der Waals surface area contributed by atoms with E-state index in [1.54, 1.807) is 6.07 Å². The second kappa shape index (κ2) is 5.31. The minimum atomic E-state index is -0.445. The van der Waals surface area contributed by atoms with Gasteiger partial charge in [-0.05, 0) is 39.0 Å². The molecule has 0 saturated carbocycles. The summed E-state index contributed by atoms with van der Waals surface area (Å²) in [5.74, 6) is 0.132.